The molecule has 5 heteroatoms. The first kappa shape index (κ1) is 14.4. The van der Waals surface area contributed by atoms with Crippen LogP contribution in [0.4, 0.5) is 5.69 Å². The number of hydrogen-bond donors (Lipinski definition) is 1. The van der Waals surface area contributed by atoms with Gasteiger partial charge in [0.1, 0.15) is 0 Å². The van der Waals surface area contributed by atoms with Crippen LogP contribution in [0.2, 0.25) is 4.34 Å². The Morgan fingerprint density at radius 3 is 2.48 bits per heavy atom. The third kappa shape index (κ3) is 2.78. The molecule has 3 nitrogen and oxygen atoms in total. The second-order valence-electron chi connectivity index (χ2n) is 5.57. The lowest BCUT2D eigenvalue weighted by Gasteiger charge is -2.23. The Morgan fingerprint density at radius 1 is 1.29 bits per heavy atom. The number of nitrogens with zero attached hydrogens (tertiary/aromatic N) is 1. The number of halogens is 1. The quantitative estimate of drug-likeness (QED) is 0.874. The van der Waals surface area contributed by atoms with Crippen LogP contribution in [0.15, 0.2) is 36.4 Å². The summed E-state index contributed by atoms with van der Waals surface area (Å²) in [5.74, 6) is 0.178. The van der Waals surface area contributed by atoms with Gasteiger partial charge in [-0.2, -0.15) is 0 Å². The van der Waals surface area contributed by atoms with Crippen molar-refractivity contribution in [3.8, 4) is 0 Å². The van der Waals surface area contributed by atoms with E-state index < -0.39 is 0 Å². The van der Waals surface area contributed by atoms with Crippen LogP contribution in [0.25, 0.3) is 0 Å². The number of amides is 1. The van der Waals surface area contributed by atoms with Gasteiger partial charge in [-0.25, -0.2) is 0 Å². The van der Waals surface area contributed by atoms with E-state index in [9.17, 15) is 4.79 Å². The minimum absolute atomic E-state index is 0.178. The predicted molar refractivity (Wildman–Crippen MR) is 87.6 cm³/mol. The number of likely N-dealkylation sites (N-methyl/N-ethyl adjacent to an activating group) is 1. The maximum absolute atomic E-state index is 12.8. The zero-order valence-corrected chi connectivity index (χ0v) is 13.4. The third-order valence-electron chi connectivity index (χ3n) is 3.99. The highest BCUT2D eigenvalue weighted by Gasteiger charge is 2.52. The molecule has 0 spiro atoms. The van der Waals surface area contributed by atoms with Crippen LogP contribution in [-0.4, -0.2) is 17.9 Å². The van der Waals surface area contributed by atoms with Crippen LogP contribution < -0.4 is 5.73 Å². The summed E-state index contributed by atoms with van der Waals surface area (Å²) in [6, 6.07) is 11.5. The molecule has 1 amide bonds. The molecule has 3 rings (SSSR count). The maximum Gasteiger partial charge on any atom is 0.233 e. The lowest BCUT2D eigenvalue weighted by molar-refractivity contribution is -0.133. The lowest BCUT2D eigenvalue weighted by Crippen LogP contribution is -2.35. The van der Waals surface area contributed by atoms with E-state index in [0.717, 1.165) is 33.3 Å². The number of thiophene rings is 1. The fourth-order valence-corrected chi connectivity index (χ4v) is 3.80. The van der Waals surface area contributed by atoms with Crippen LogP contribution in [-0.2, 0) is 16.8 Å². The molecular formula is C16H17ClN2OS. The first-order valence-electron chi connectivity index (χ1n) is 6.87. The molecule has 1 aliphatic carbocycles. The molecule has 0 bridgehead atoms. The van der Waals surface area contributed by atoms with Crippen molar-refractivity contribution in [1.82, 2.24) is 4.90 Å². The van der Waals surface area contributed by atoms with Crippen LogP contribution >= 0.6 is 22.9 Å². The number of hydrogen-bond acceptors (Lipinski definition) is 3. The first-order chi connectivity index (χ1) is 10.0. The molecule has 0 radical (unpaired) electrons. The van der Waals surface area contributed by atoms with Gasteiger partial charge in [-0.3, -0.25) is 4.79 Å². The SMILES string of the molecule is CN(Cc1ccc(Cl)s1)C(=O)C1(c2ccc(N)cc2)CC1. The Kier molecular flexibility index (Phi) is 3.68. The van der Waals surface area contributed by atoms with Gasteiger partial charge in [0.05, 0.1) is 16.3 Å². The second-order valence-corrected chi connectivity index (χ2v) is 7.37. The van der Waals surface area contributed by atoms with E-state index in [1.807, 2.05) is 43.4 Å². The number of benzene rings is 1. The van der Waals surface area contributed by atoms with Crippen LogP contribution in [0.5, 0.6) is 0 Å². The number of nitrogen functional groups attached to an aromatic ring is 1. The summed E-state index contributed by atoms with van der Waals surface area (Å²) >= 11 is 7.46. The third-order valence-corrected chi connectivity index (χ3v) is 5.21. The van der Waals surface area contributed by atoms with Crippen molar-refractivity contribution in [2.24, 2.45) is 0 Å². The molecule has 1 aromatic heterocycles. The summed E-state index contributed by atoms with van der Waals surface area (Å²) in [6.45, 7) is 0.604. The Hall–Kier alpha value is -1.52. The average molecular weight is 321 g/mol. The smallest absolute Gasteiger partial charge is 0.233 e. The molecule has 21 heavy (non-hydrogen) atoms. The lowest BCUT2D eigenvalue weighted by atomic mass is 9.94. The Bertz CT molecular complexity index is 661. The monoisotopic (exact) mass is 320 g/mol. The molecule has 1 aliphatic rings. The molecule has 1 heterocycles. The van der Waals surface area contributed by atoms with E-state index in [0.29, 0.717) is 6.54 Å². The predicted octanol–water partition coefficient (Wildman–Crippen LogP) is 3.67. The van der Waals surface area contributed by atoms with E-state index in [-0.39, 0.29) is 11.3 Å². The molecule has 2 N–H and O–H groups in total. The van der Waals surface area contributed by atoms with E-state index >= 15 is 0 Å². The van der Waals surface area contributed by atoms with E-state index in [4.69, 9.17) is 17.3 Å². The van der Waals surface area contributed by atoms with E-state index in [1.165, 1.54) is 11.3 Å². The van der Waals surface area contributed by atoms with Crippen molar-refractivity contribution < 1.29 is 4.79 Å². The number of nitrogens with two attached hydrogens (primary N) is 1. The number of anilines is 1. The van der Waals surface area contributed by atoms with Crippen molar-refractivity contribution in [3.63, 3.8) is 0 Å². The zero-order chi connectivity index (χ0) is 15.0. The summed E-state index contributed by atoms with van der Waals surface area (Å²) in [6.07, 6.45) is 1.82. The first-order valence-corrected chi connectivity index (χ1v) is 8.06. The standard InChI is InChI=1S/C16H17ClN2OS/c1-19(10-13-6-7-14(17)21-13)15(20)16(8-9-16)11-2-4-12(18)5-3-11/h2-7H,8-10,18H2,1H3. The highest BCUT2D eigenvalue weighted by molar-refractivity contribution is 7.16. The highest BCUT2D eigenvalue weighted by Crippen LogP contribution is 2.49. The maximum atomic E-state index is 12.8. The molecule has 0 atom stereocenters. The fourth-order valence-electron chi connectivity index (χ4n) is 2.66. The zero-order valence-electron chi connectivity index (χ0n) is 11.8. The van der Waals surface area contributed by atoms with Crippen molar-refractivity contribution >= 4 is 34.5 Å². The Morgan fingerprint density at radius 2 is 1.95 bits per heavy atom. The fraction of sp³-hybridized carbons (Fsp3) is 0.312. The van der Waals surface area contributed by atoms with Crippen molar-refractivity contribution in [2.45, 2.75) is 24.8 Å². The summed E-state index contributed by atoms with van der Waals surface area (Å²) in [5, 5.41) is 0. The molecule has 1 fully saturated rings. The highest BCUT2D eigenvalue weighted by atomic mass is 35.5. The van der Waals surface area contributed by atoms with E-state index in [1.54, 1.807) is 4.90 Å². The van der Waals surface area contributed by atoms with Crippen LogP contribution in [0.1, 0.15) is 23.3 Å². The summed E-state index contributed by atoms with van der Waals surface area (Å²) in [7, 11) is 1.85. The molecule has 1 aromatic carbocycles. The normalized spacial score (nSPS) is 15.7. The molecular weight excluding hydrogens is 304 g/mol. The molecule has 1 saturated carbocycles. The van der Waals surface area contributed by atoms with Crippen molar-refractivity contribution in [3.05, 3.63) is 51.2 Å². The minimum atomic E-state index is -0.344. The van der Waals surface area contributed by atoms with Crippen molar-refractivity contribution in [2.75, 3.05) is 12.8 Å². The number of rotatable bonds is 4. The average Bonchev–Trinajstić information content (AvgIpc) is 3.17. The molecule has 0 aliphatic heterocycles. The van der Waals surface area contributed by atoms with Gasteiger partial charge < -0.3 is 10.6 Å². The number of carbonyl (C=O) groups excluding carboxylic acids is 1. The minimum Gasteiger partial charge on any atom is -0.399 e. The summed E-state index contributed by atoms with van der Waals surface area (Å²) in [4.78, 5) is 15.7. The van der Waals surface area contributed by atoms with Gasteiger partial charge in [0, 0.05) is 17.6 Å². The Labute approximate surface area is 133 Å². The van der Waals surface area contributed by atoms with Crippen LogP contribution in [0, 0.1) is 0 Å². The van der Waals surface area contributed by atoms with Gasteiger partial charge in [-0.15, -0.1) is 11.3 Å². The van der Waals surface area contributed by atoms with Gasteiger partial charge in [-0.1, -0.05) is 23.7 Å². The van der Waals surface area contributed by atoms with Crippen molar-refractivity contribution in [1.29, 1.82) is 0 Å². The van der Waals surface area contributed by atoms with Gasteiger partial charge in [-0.05, 0) is 42.7 Å². The largest absolute Gasteiger partial charge is 0.399 e. The van der Waals surface area contributed by atoms with Crippen LogP contribution in [0.3, 0.4) is 0 Å². The van der Waals surface area contributed by atoms with Gasteiger partial charge in [0.15, 0.2) is 0 Å². The van der Waals surface area contributed by atoms with Gasteiger partial charge >= 0.3 is 0 Å². The van der Waals surface area contributed by atoms with Gasteiger partial charge in [0.2, 0.25) is 5.91 Å². The summed E-state index contributed by atoms with van der Waals surface area (Å²) < 4.78 is 0.755. The van der Waals surface area contributed by atoms with Gasteiger partial charge in [0.25, 0.3) is 0 Å². The molecule has 0 saturated heterocycles. The second kappa shape index (κ2) is 5.35. The summed E-state index contributed by atoms with van der Waals surface area (Å²) in [5.41, 5.74) is 7.17. The molecule has 110 valence electrons. The van der Waals surface area contributed by atoms with E-state index in [2.05, 4.69) is 0 Å². The Balaban J connectivity index is 1.76. The molecule has 0 unspecified atom stereocenters. The topological polar surface area (TPSA) is 46.3 Å². The number of carbonyl (C=O) groups is 1. The molecule has 2 aromatic rings.